The molecule has 5 N–H and O–H groups in total. The standard InChI is InChI=1S/C27H31N9O5/c1-15-22-20(11-27(2,3)12-21(22)37)36(32-15)17-4-5-18(23(28)38)19(10-17)31-26(40)35-8-6-34(7-9-35)25-29-13-16(14-30-25)24(39)33-41/h4-5,10,13-14,41H,6-9,11-12H2,1-3H3,(H2,28,38)(H,31,40)(H,33,39). The number of hydroxylamine groups is 1. The van der Waals surface area contributed by atoms with E-state index in [9.17, 15) is 19.2 Å². The van der Waals surface area contributed by atoms with E-state index in [2.05, 4.69) is 20.4 Å². The third-order valence-corrected chi connectivity index (χ3v) is 7.33. The van der Waals surface area contributed by atoms with E-state index in [-0.39, 0.29) is 28.0 Å². The number of hydrogen-bond acceptors (Lipinski definition) is 9. The Morgan fingerprint density at radius 1 is 1.05 bits per heavy atom. The Kier molecular flexibility index (Phi) is 7.17. The molecule has 0 spiro atoms. The van der Waals surface area contributed by atoms with Crippen molar-refractivity contribution >= 4 is 35.3 Å². The molecule has 1 fully saturated rings. The van der Waals surface area contributed by atoms with Gasteiger partial charge in [0.15, 0.2) is 5.78 Å². The zero-order valence-corrected chi connectivity index (χ0v) is 23.0. The minimum absolute atomic E-state index is 0.0541. The molecule has 14 nitrogen and oxygen atoms in total. The number of carbonyl (C=O) groups excluding carboxylic acids is 4. The summed E-state index contributed by atoms with van der Waals surface area (Å²) in [7, 11) is 0. The number of carbonyl (C=O) groups is 4. The molecule has 0 bridgehead atoms. The quantitative estimate of drug-likeness (QED) is 0.265. The van der Waals surface area contributed by atoms with E-state index in [1.54, 1.807) is 34.7 Å². The lowest BCUT2D eigenvalue weighted by Gasteiger charge is -2.34. The van der Waals surface area contributed by atoms with Crippen molar-refractivity contribution in [2.45, 2.75) is 33.6 Å². The van der Waals surface area contributed by atoms with Gasteiger partial charge in [-0.1, -0.05) is 13.8 Å². The van der Waals surface area contributed by atoms with Crippen LogP contribution in [0.1, 0.15) is 62.7 Å². The fraction of sp³-hybridized carbons (Fsp3) is 0.370. The van der Waals surface area contributed by atoms with Gasteiger partial charge in [0.05, 0.1) is 39.5 Å². The number of Topliss-reactive ketones (excluding diaryl/α,β-unsaturated/α-hetero) is 1. The summed E-state index contributed by atoms with van der Waals surface area (Å²) in [6.45, 7) is 7.45. The second-order valence-corrected chi connectivity index (χ2v) is 11.0. The van der Waals surface area contributed by atoms with Crippen LogP contribution in [0.2, 0.25) is 0 Å². The third-order valence-electron chi connectivity index (χ3n) is 7.33. The predicted octanol–water partition coefficient (Wildman–Crippen LogP) is 1.70. The summed E-state index contributed by atoms with van der Waals surface area (Å²) >= 11 is 0. The van der Waals surface area contributed by atoms with Crippen molar-refractivity contribution in [1.82, 2.24) is 30.1 Å². The Hall–Kier alpha value is -4.85. The zero-order chi connectivity index (χ0) is 29.5. The molecule has 1 aliphatic heterocycles. The van der Waals surface area contributed by atoms with Crippen LogP contribution < -0.4 is 21.4 Å². The minimum Gasteiger partial charge on any atom is -0.366 e. The van der Waals surface area contributed by atoms with Crippen molar-refractivity contribution in [2.75, 3.05) is 36.4 Å². The average molecular weight is 562 g/mol. The van der Waals surface area contributed by atoms with E-state index < -0.39 is 17.8 Å². The van der Waals surface area contributed by atoms with Gasteiger partial charge in [-0.15, -0.1) is 0 Å². The highest BCUT2D eigenvalue weighted by atomic mass is 16.5. The van der Waals surface area contributed by atoms with E-state index >= 15 is 0 Å². The topological polar surface area (TPSA) is 189 Å². The second kappa shape index (κ2) is 10.6. The van der Waals surface area contributed by atoms with E-state index in [1.165, 1.54) is 17.9 Å². The smallest absolute Gasteiger partial charge is 0.321 e. The molecule has 3 heterocycles. The second-order valence-electron chi connectivity index (χ2n) is 11.0. The molecule has 41 heavy (non-hydrogen) atoms. The summed E-state index contributed by atoms with van der Waals surface area (Å²) in [5.74, 6) is -0.958. The lowest BCUT2D eigenvalue weighted by Crippen LogP contribution is -2.50. The number of urea groups is 1. The number of piperazine rings is 1. The summed E-state index contributed by atoms with van der Waals surface area (Å²) in [5, 5.41) is 16.2. The number of nitrogens with zero attached hydrogens (tertiary/aromatic N) is 6. The van der Waals surface area contributed by atoms with Crippen LogP contribution in [0.4, 0.5) is 16.4 Å². The summed E-state index contributed by atoms with van der Waals surface area (Å²) in [5.41, 5.74) is 10.1. The Morgan fingerprint density at radius 3 is 2.37 bits per heavy atom. The van der Waals surface area contributed by atoms with Crippen LogP contribution in [-0.4, -0.2) is 79.7 Å². The Balaban J connectivity index is 1.33. The summed E-state index contributed by atoms with van der Waals surface area (Å²) in [6.07, 6.45) is 3.71. The average Bonchev–Trinajstić information content (AvgIpc) is 3.27. The van der Waals surface area contributed by atoms with Gasteiger partial charge >= 0.3 is 6.03 Å². The maximum Gasteiger partial charge on any atom is 0.321 e. The van der Waals surface area contributed by atoms with Gasteiger partial charge in [-0.3, -0.25) is 19.6 Å². The van der Waals surface area contributed by atoms with Gasteiger partial charge in [0.1, 0.15) is 0 Å². The molecular formula is C27H31N9O5. The first-order valence-corrected chi connectivity index (χ1v) is 13.1. The molecule has 2 aromatic heterocycles. The molecule has 3 aromatic rings. The van der Waals surface area contributed by atoms with Crippen molar-refractivity contribution in [2.24, 2.45) is 11.1 Å². The highest BCUT2D eigenvalue weighted by molar-refractivity contribution is 6.03. The van der Waals surface area contributed by atoms with Crippen molar-refractivity contribution < 1.29 is 24.4 Å². The molecule has 0 saturated carbocycles. The van der Waals surface area contributed by atoms with Crippen LogP contribution in [0, 0.1) is 12.3 Å². The number of aromatic nitrogens is 4. The van der Waals surface area contributed by atoms with E-state index in [0.29, 0.717) is 61.9 Å². The minimum atomic E-state index is -0.711. The van der Waals surface area contributed by atoms with Gasteiger partial charge in [-0.25, -0.2) is 24.9 Å². The fourth-order valence-corrected chi connectivity index (χ4v) is 5.31. The first kappa shape index (κ1) is 27.7. The number of nitrogens with one attached hydrogen (secondary N) is 2. The van der Waals surface area contributed by atoms with E-state index in [1.807, 2.05) is 18.7 Å². The van der Waals surface area contributed by atoms with Crippen LogP contribution in [-0.2, 0) is 6.42 Å². The number of amides is 4. The SMILES string of the molecule is Cc1nn(-c2ccc(C(N)=O)c(NC(=O)N3CCN(c4ncc(C(=O)NO)cn4)CC3)c2)c2c1C(=O)CC(C)(C)C2. The number of anilines is 2. The lowest BCUT2D eigenvalue weighted by molar-refractivity contribution is 0.0705. The van der Waals surface area contributed by atoms with Gasteiger partial charge in [0.25, 0.3) is 11.8 Å². The lowest BCUT2D eigenvalue weighted by atomic mass is 9.75. The predicted molar refractivity (Wildman–Crippen MR) is 147 cm³/mol. The molecule has 0 radical (unpaired) electrons. The van der Waals surface area contributed by atoms with Gasteiger partial charge in [0, 0.05) is 45.0 Å². The van der Waals surface area contributed by atoms with Crippen LogP contribution in [0.3, 0.4) is 0 Å². The summed E-state index contributed by atoms with van der Waals surface area (Å²) in [4.78, 5) is 61.6. The van der Waals surface area contributed by atoms with Gasteiger partial charge in [-0.2, -0.15) is 5.10 Å². The van der Waals surface area contributed by atoms with Crippen molar-refractivity contribution in [1.29, 1.82) is 0 Å². The number of fused-ring (bicyclic) bond motifs is 1. The molecule has 0 unspecified atom stereocenters. The first-order chi connectivity index (χ1) is 19.5. The molecular weight excluding hydrogens is 530 g/mol. The molecule has 4 amide bonds. The highest BCUT2D eigenvalue weighted by Crippen LogP contribution is 2.37. The van der Waals surface area contributed by atoms with Crippen LogP contribution >= 0.6 is 0 Å². The highest BCUT2D eigenvalue weighted by Gasteiger charge is 2.36. The van der Waals surface area contributed by atoms with Crippen molar-refractivity contribution in [3.8, 4) is 5.69 Å². The third kappa shape index (κ3) is 5.45. The number of hydrogen-bond donors (Lipinski definition) is 4. The van der Waals surface area contributed by atoms with E-state index in [4.69, 9.17) is 10.9 Å². The van der Waals surface area contributed by atoms with Crippen LogP contribution in [0.5, 0.6) is 0 Å². The molecule has 2 aliphatic rings. The fourth-order valence-electron chi connectivity index (χ4n) is 5.31. The Morgan fingerprint density at radius 2 is 1.73 bits per heavy atom. The maximum absolute atomic E-state index is 13.2. The molecule has 5 rings (SSSR count). The normalized spacial score (nSPS) is 16.2. The van der Waals surface area contributed by atoms with Crippen LogP contribution in [0.15, 0.2) is 30.6 Å². The summed E-state index contributed by atoms with van der Waals surface area (Å²) in [6, 6.07) is 4.48. The Bertz CT molecular complexity index is 1540. The number of primary amides is 1. The molecule has 14 heteroatoms. The van der Waals surface area contributed by atoms with Gasteiger partial charge < -0.3 is 20.9 Å². The van der Waals surface area contributed by atoms with Crippen LogP contribution in [0.25, 0.3) is 5.69 Å². The number of nitrogens with two attached hydrogens (primary N) is 1. The molecule has 0 atom stereocenters. The zero-order valence-electron chi connectivity index (χ0n) is 23.0. The van der Waals surface area contributed by atoms with E-state index in [0.717, 1.165) is 5.69 Å². The Labute approximate surface area is 235 Å². The van der Waals surface area contributed by atoms with Crippen molar-refractivity contribution in [3.63, 3.8) is 0 Å². The first-order valence-electron chi connectivity index (χ1n) is 13.1. The number of aryl methyl sites for hydroxylation is 1. The summed E-state index contributed by atoms with van der Waals surface area (Å²) < 4.78 is 1.71. The number of ketones is 1. The number of rotatable bonds is 5. The monoisotopic (exact) mass is 561 g/mol. The molecule has 1 aromatic carbocycles. The number of benzene rings is 1. The van der Waals surface area contributed by atoms with Crippen molar-refractivity contribution in [3.05, 3.63) is 58.7 Å². The molecule has 1 saturated heterocycles. The molecule has 1 aliphatic carbocycles. The molecule has 214 valence electrons. The maximum atomic E-state index is 13.2. The van der Waals surface area contributed by atoms with Gasteiger partial charge in [0.2, 0.25) is 5.95 Å². The van der Waals surface area contributed by atoms with Gasteiger partial charge in [-0.05, 0) is 37.0 Å². The largest absolute Gasteiger partial charge is 0.366 e.